The van der Waals surface area contributed by atoms with E-state index in [0.29, 0.717) is 5.69 Å². The van der Waals surface area contributed by atoms with Gasteiger partial charge in [0.25, 0.3) is 10.0 Å². The maximum Gasteiger partial charge on any atom is 0.264 e. The first-order valence-corrected chi connectivity index (χ1v) is 18.5. The molecule has 1 aliphatic carbocycles. The van der Waals surface area contributed by atoms with E-state index in [4.69, 9.17) is 0 Å². The Kier molecular flexibility index (Phi) is 11.9. The van der Waals surface area contributed by atoms with Crippen molar-refractivity contribution in [3.63, 3.8) is 0 Å². The molecule has 2 amide bonds. The molecule has 1 unspecified atom stereocenters. The summed E-state index contributed by atoms with van der Waals surface area (Å²) in [4.78, 5) is 30.3. The van der Waals surface area contributed by atoms with Gasteiger partial charge in [0, 0.05) is 24.6 Å². The van der Waals surface area contributed by atoms with Gasteiger partial charge in [-0.1, -0.05) is 111 Å². The van der Waals surface area contributed by atoms with Crippen LogP contribution in [0.2, 0.25) is 0 Å². The van der Waals surface area contributed by atoms with Gasteiger partial charge in [0.2, 0.25) is 11.8 Å². The lowest BCUT2D eigenvalue weighted by Crippen LogP contribution is -2.55. The quantitative estimate of drug-likeness (QED) is 0.158. The molecule has 1 saturated carbocycles. The van der Waals surface area contributed by atoms with Gasteiger partial charge in [0.05, 0.1) is 10.6 Å². The summed E-state index contributed by atoms with van der Waals surface area (Å²) in [5.74, 6) is -1.25. The van der Waals surface area contributed by atoms with Crippen molar-refractivity contribution in [3.8, 4) is 0 Å². The molecule has 0 spiro atoms. The summed E-state index contributed by atoms with van der Waals surface area (Å²) in [6.07, 6.45) is 5.00. The zero-order valence-electron chi connectivity index (χ0n) is 28.5. The van der Waals surface area contributed by atoms with Gasteiger partial charge in [-0.3, -0.25) is 13.9 Å². The predicted molar refractivity (Wildman–Crippen MR) is 192 cm³/mol. The fraction of sp³-hybridized carbons (Fsp3) is 0.350. The third-order valence-corrected chi connectivity index (χ3v) is 11.0. The SMILES string of the molecule is Cc1ccc(S(=O)(=O)N(CC(=O)N(Cc2ccccc2F)C(Cc2ccccc2)C(=O)NC2CCCCC2)c2ccc(C(C)C)cc2)cc1. The first-order chi connectivity index (χ1) is 23.5. The van der Waals surface area contributed by atoms with E-state index in [0.717, 1.165) is 53.1 Å². The highest BCUT2D eigenvalue weighted by atomic mass is 32.2. The minimum Gasteiger partial charge on any atom is -0.352 e. The molecule has 258 valence electrons. The number of nitrogens with one attached hydrogen (secondary N) is 1. The molecule has 49 heavy (non-hydrogen) atoms. The van der Waals surface area contributed by atoms with E-state index in [9.17, 15) is 18.0 Å². The average molecular weight is 684 g/mol. The molecule has 1 aliphatic rings. The van der Waals surface area contributed by atoms with Gasteiger partial charge in [-0.2, -0.15) is 0 Å². The first-order valence-electron chi connectivity index (χ1n) is 17.1. The van der Waals surface area contributed by atoms with E-state index in [1.165, 1.54) is 23.1 Å². The molecule has 5 rings (SSSR count). The Hall–Kier alpha value is -4.50. The van der Waals surface area contributed by atoms with Gasteiger partial charge < -0.3 is 10.2 Å². The van der Waals surface area contributed by atoms with Crippen LogP contribution in [0.5, 0.6) is 0 Å². The maximum absolute atomic E-state index is 15.2. The Morgan fingerprint density at radius 2 is 1.47 bits per heavy atom. The molecule has 0 aliphatic heterocycles. The minimum absolute atomic E-state index is 0.0252. The zero-order valence-corrected chi connectivity index (χ0v) is 29.3. The Morgan fingerprint density at radius 1 is 0.837 bits per heavy atom. The van der Waals surface area contributed by atoms with Gasteiger partial charge >= 0.3 is 0 Å². The second-order valence-electron chi connectivity index (χ2n) is 13.2. The summed E-state index contributed by atoms with van der Waals surface area (Å²) in [5, 5.41) is 3.18. The number of rotatable bonds is 13. The zero-order chi connectivity index (χ0) is 35.0. The second kappa shape index (κ2) is 16.3. The fourth-order valence-electron chi connectivity index (χ4n) is 6.30. The number of carbonyl (C=O) groups is 2. The molecule has 0 saturated heterocycles. The molecular formula is C40H46FN3O4S. The number of sulfonamides is 1. The summed E-state index contributed by atoms with van der Waals surface area (Å²) in [5.41, 5.74) is 3.29. The second-order valence-corrected chi connectivity index (χ2v) is 15.1. The molecular weight excluding hydrogens is 638 g/mol. The molecule has 0 radical (unpaired) electrons. The van der Waals surface area contributed by atoms with Crippen LogP contribution < -0.4 is 9.62 Å². The smallest absolute Gasteiger partial charge is 0.264 e. The van der Waals surface area contributed by atoms with Crippen molar-refractivity contribution < 1.29 is 22.4 Å². The maximum atomic E-state index is 15.2. The molecule has 1 N–H and O–H groups in total. The summed E-state index contributed by atoms with van der Waals surface area (Å²) in [6, 6.07) is 28.1. The number of nitrogens with zero attached hydrogens (tertiary/aromatic N) is 2. The summed E-state index contributed by atoms with van der Waals surface area (Å²) >= 11 is 0. The highest BCUT2D eigenvalue weighted by Gasteiger charge is 2.35. The predicted octanol–water partition coefficient (Wildman–Crippen LogP) is 7.54. The normalized spacial score (nSPS) is 14.3. The Morgan fingerprint density at radius 3 is 2.10 bits per heavy atom. The van der Waals surface area contributed by atoms with Crippen LogP contribution in [0.15, 0.2) is 108 Å². The Labute approximate surface area is 290 Å². The number of aryl methyl sites for hydroxylation is 1. The van der Waals surface area contributed by atoms with Gasteiger partial charge in [0.15, 0.2) is 0 Å². The van der Waals surface area contributed by atoms with E-state index >= 15 is 4.39 Å². The molecule has 9 heteroatoms. The van der Waals surface area contributed by atoms with Crippen LogP contribution in [0.4, 0.5) is 10.1 Å². The van der Waals surface area contributed by atoms with Gasteiger partial charge in [-0.25, -0.2) is 12.8 Å². The van der Waals surface area contributed by atoms with E-state index in [1.54, 1.807) is 42.5 Å². The Balaban J connectivity index is 1.57. The van der Waals surface area contributed by atoms with Crippen LogP contribution in [0.3, 0.4) is 0 Å². The first kappa shape index (κ1) is 35.8. The molecule has 4 aromatic carbocycles. The number of amides is 2. The van der Waals surface area contributed by atoms with E-state index in [-0.39, 0.29) is 41.3 Å². The topological polar surface area (TPSA) is 86.8 Å². The lowest BCUT2D eigenvalue weighted by molar-refractivity contribution is -0.140. The van der Waals surface area contributed by atoms with E-state index in [1.807, 2.05) is 63.2 Å². The number of anilines is 1. The fourth-order valence-corrected chi connectivity index (χ4v) is 7.71. The van der Waals surface area contributed by atoms with Gasteiger partial charge in [-0.05, 0) is 67.1 Å². The van der Waals surface area contributed by atoms with Crippen molar-refractivity contribution in [2.75, 3.05) is 10.8 Å². The number of carbonyl (C=O) groups excluding carboxylic acids is 2. The third-order valence-electron chi connectivity index (χ3n) is 9.26. The number of halogens is 1. The van der Waals surface area contributed by atoms with Crippen LogP contribution in [-0.4, -0.2) is 43.8 Å². The van der Waals surface area contributed by atoms with Crippen LogP contribution in [0, 0.1) is 12.7 Å². The van der Waals surface area contributed by atoms with Crippen molar-refractivity contribution in [2.24, 2.45) is 0 Å². The van der Waals surface area contributed by atoms with Crippen molar-refractivity contribution in [2.45, 2.75) is 88.7 Å². The molecule has 1 fully saturated rings. The van der Waals surface area contributed by atoms with Crippen LogP contribution in [-0.2, 0) is 32.6 Å². The molecule has 7 nitrogen and oxygen atoms in total. The molecule has 1 atom stereocenters. The lowest BCUT2D eigenvalue weighted by Gasteiger charge is -2.35. The van der Waals surface area contributed by atoms with Crippen LogP contribution in [0.25, 0.3) is 0 Å². The lowest BCUT2D eigenvalue weighted by atomic mass is 9.94. The average Bonchev–Trinajstić information content (AvgIpc) is 3.10. The van der Waals surface area contributed by atoms with Gasteiger partial charge in [-0.15, -0.1) is 0 Å². The highest BCUT2D eigenvalue weighted by molar-refractivity contribution is 7.92. The number of hydrogen-bond acceptors (Lipinski definition) is 4. The minimum atomic E-state index is -4.23. The van der Waals surface area contributed by atoms with Crippen molar-refractivity contribution in [3.05, 3.63) is 131 Å². The standard InChI is InChI=1S/C40H46FN3O4S/c1-29(2)32-20-22-35(23-21-32)44(49(47,48)36-24-18-30(3)19-25-36)28-39(45)43(27-33-14-10-11-17-37(33)41)38(26-31-12-6-4-7-13-31)40(46)42-34-15-8-5-9-16-34/h4,6-7,10-14,17-25,29,34,38H,5,8-9,15-16,26-28H2,1-3H3,(H,42,46). The van der Waals surface area contributed by atoms with Crippen molar-refractivity contribution in [1.29, 1.82) is 0 Å². The molecule has 0 aromatic heterocycles. The summed E-state index contributed by atoms with van der Waals surface area (Å²) in [6.45, 7) is 5.16. The Bertz CT molecular complexity index is 1810. The molecule has 0 heterocycles. The van der Waals surface area contributed by atoms with Crippen molar-refractivity contribution in [1.82, 2.24) is 10.2 Å². The van der Waals surface area contributed by atoms with Gasteiger partial charge in [0.1, 0.15) is 18.4 Å². The van der Waals surface area contributed by atoms with E-state index < -0.39 is 34.3 Å². The van der Waals surface area contributed by atoms with Crippen molar-refractivity contribution >= 4 is 27.5 Å². The monoisotopic (exact) mass is 683 g/mol. The third kappa shape index (κ3) is 9.15. The molecule has 0 bridgehead atoms. The number of benzene rings is 4. The molecule has 4 aromatic rings. The summed E-state index contributed by atoms with van der Waals surface area (Å²) < 4.78 is 44.9. The highest BCUT2D eigenvalue weighted by Crippen LogP contribution is 2.28. The van der Waals surface area contributed by atoms with Crippen LogP contribution in [0.1, 0.15) is 74.1 Å². The van der Waals surface area contributed by atoms with Crippen LogP contribution >= 0.6 is 0 Å². The van der Waals surface area contributed by atoms with E-state index in [2.05, 4.69) is 5.32 Å². The largest absolute Gasteiger partial charge is 0.352 e. The summed E-state index contributed by atoms with van der Waals surface area (Å²) in [7, 11) is -4.23. The number of hydrogen-bond donors (Lipinski definition) is 1.